The smallest absolute Gasteiger partial charge is 0.272 e. The fraction of sp³-hybridized carbons (Fsp3) is 0.400. The molecule has 0 radical (unpaired) electrons. The van der Waals surface area contributed by atoms with Crippen molar-refractivity contribution in [2.24, 2.45) is 0 Å². The number of nitrogens with one attached hydrogen (secondary N) is 1. The quantitative estimate of drug-likeness (QED) is 0.853. The van der Waals surface area contributed by atoms with Crippen molar-refractivity contribution in [3.8, 4) is 0 Å². The first kappa shape index (κ1) is 19.4. The highest BCUT2D eigenvalue weighted by molar-refractivity contribution is 7.91. The molecule has 2 heterocycles. The van der Waals surface area contributed by atoms with E-state index in [0.29, 0.717) is 18.7 Å². The third-order valence-electron chi connectivity index (χ3n) is 4.91. The number of anilines is 2. The van der Waals surface area contributed by atoms with E-state index in [2.05, 4.69) is 28.5 Å². The van der Waals surface area contributed by atoms with Crippen LogP contribution in [0.5, 0.6) is 0 Å². The third kappa shape index (κ3) is 4.47. The SMILES string of the molecule is CCN(C(=O)c1ccc(Nc2cc(C)ccc2C)cn1)C1CCS(=O)(=O)C1. The number of sulfone groups is 1. The average molecular weight is 388 g/mol. The summed E-state index contributed by atoms with van der Waals surface area (Å²) < 4.78 is 23.5. The standard InChI is InChI=1S/C20H25N3O3S/c1-4-23(17-9-10-27(25,26)13-17)20(24)18-8-7-16(12-21-18)22-19-11-14(2)5-6-15(19)3/h5-8,11-12,17,22H,4,9-10,13H2,1-3H3. The van der Waals surface area contributed by atoms with Crippen LogP contribution in [0.2, 0.25) is 0 Å². The third-order valence-corrected chi connectivity index (χ3v) is 6.66. The molecule has 27 heavy (non-hydrogen) atoms. The van der Waals surface area contributed by atoms with Gasteiger partial charge in [0.05, 0.1) is 23.4 Å². The number of hydrogen-bond donors (Lipinski definition) is 1. The van der Waals surface area contributed by atoms with E-state index in [9.17, 15) is 13.2 Å². The maximum absolute atomic E-state index is 12.8. The van der Waals surface area contributed by atoms with Crippen molar-refractivity contribution in [3.05, 3.63) is 53.3 Å². The van der Waals surface area contributed by atoms with Crippen LogP contribution in [0.3, 0.4) is 0 Å². The van der Waals surface area contributed by atoms with Crippen LogP contribution in [0, 0.1) is 13.8 Å². The Morgan fingerprint density at radius 1 is 1.26 bits per heavy atom. The number of carbonyl (C=O) groups is 1. The van der Waals surface area contributed by atoms with E-state index in [1.54, 1.807) is 17.2 Å². The van der Waals surface area contributed by atoms with Crippen molar-refractivity contribution in [3.63, 3.8) is 0 Å². The minimum Gasteiger partial charge on any atom is -0.354 e. The molecule has 2 aromatic rings. The number of amides is 1. The molecule has 3 rings (SSSR count). The Morgan fingerprint density at radius 3 is 2.63 bits per heavy atom. The molecule has 1 atom stereocenters. The van der Waals surface area contributed by atoms with Gasteiger partial charge in [-0.05, 0) is 56.5 Å². The summed E-state index contributed by atoms with van der Waals surface area (Å²) in [5.74, 6) is -0.0372. The van der Waals surface area contributed by atoms with E-state index in [-0.39, 0.29) is 23.5 Å². The van der Waals surface area contributed by atoms with Crippen molar-refractivity contribution >= 4 is 27.1 Å². The zero-order valence-electron chi connectivity index (χ0n) is 15.9. The van der Waals surface area contributed by atoms with E-state index in [0.717, 1.165) is 22.5 Å². The number of pyridine rings is 1. The Labute approximate surface area is 160 Å². The second-order valence-corrected chi connectivity index (χ2v) is 9.25. The van der Waals surface area contributed by atoms with Gasteiger partial charge in [-0.3, -0.25) is 4.79 Å². The summed E-state index contributed by atoms with van der Waals surface area (Å²) >= 11 is 0. The molecule has 0 aliphatic carbocycles. The Hall–Kier alpha value is -2.41. The molecule has 1 aromatic carbocycles. The van der Waals surface area contributed by atoms with Gasteiger partial charge in [0.15, 0.2) is 9.84 Å². The lowest BCUT2D eigenvalue weighted by atomic mass is 10.1. The van der Waals surface area contributed by atoms with Gasteiger partial charge in [0.2, 0.25) is 0 Å². The van der Waals surface area contributed by atoms with E-state index < -0.39 is 9.84 Å². The Bertz CT molecular complexity index is 939. The monoisotopic (exact) mass is 387 g/mol. The van der Waals surface area contributed by atoms with E-state index in [1.807, 2.05) is 26.8 Å². The van der Waals surface area contributed by atoms with Crippen molar-refractivity contribution in [2.45, 2.75) is 33.2 Å². The summed E-state index contributed by atoms with van der Waals surface area (Å²) in [5, 5.41) is 3.32. The van der Waals surface area contributed by atoms with Gasteiger partial charge >= 0.3 is 0 Å². The van der Waals surface area contributed by atoms with Crippen molar-refractivity contribution in [1.29, 1.82) is 0 Å². The van der Waals surface area contributed by atoms with Crippen LogP contribution in [0.4, 0.5) is 11.4 Å². The number of rotatable bonds is 5. The highest BCUT2D eigenvalue weighted by atomic mass is 32.2. The molecule has 144 valence electrons. The van der Waals surface area contributed by atoms with Crippen LogP contribution in [0.1, 0.15) is 35.0 Å². The maximum atomic E-state index is 12.8. The molecular weight excluding hydrogens is 362 g/mol. The molecule has 1 aromatic heterocycles. The second kappa shape index (κ2) is 7.68. The summed E-state index contributed by atoms with van der Waals surface area (Å²) in [6.07, 6.45) is 2.13. The summed E-state index contributed by atoms with van der Waals surface area (Å²) in [4.78, 5) is 18.7. The maximum Gasteiger partial charge on any atom is 0.272 e. The van der Waals surface area contributed by atoms with Gasteiger partial charge < -0.3 is 10.2 Å². The predicted molar refractivity (Wildman–Crippen MR) is 107 cm³/mol. The fourth-order valence-corrected chi connectivity index (χ4v) is 5.09. The first-order valence-electron chi connectivity index (χ1n) is 9.11. The molecule has 1 unspecified atom stereocenters. The lowest BCUT2D eigenvalue weighted by Crippen LogP contribution is -2.41. The van der Waals surface area contributed by atoms with Crippen LogP contribution in [-0.4, -0.2) is 48.3 Å². The van der Waals surface area contributed by atoms with E-state index in [1.165, 1.54) is 0 Å². The molecule has 6 nitrogen and oxygen atoms in total. The van der Waals surface area contributed by atoms with Gasteiger partial charge in [-0.25, -0.2) is 13.4 Å². The zero-order valence-corrected chi connectivity index (χ0v) is 16.7. The van der Waals surface area contributed by atoms with Gasteiger partial charge in [-0.1, -0.05) is 12.1 Å². The Morgan fingerprint density at radius 2 is 2.04 bits per heavy atom. The number of aromatic nitrogens is 1. The molecule has 0 saturated carbocycles. The lowest BCUT2D eigenvalue weighted by molar-refractivity contribution is 0.0702. The first-order valence-corrected chi connectivity index (χ1v) is 10.9. The Kier molecular flexibility index (Phi) is 5.51. The fourth-order valence-electron chi connectivity index (χ4n) is 3.36. The van der Waals surface area contributed by atoms with Crippen molar-refractivity contribution in [1.82, 2.24) is 9.88 Å². The zero-order chi connectivity index (χ0) is 19.6. The molecule has 0 spiro atoms. The van der Waals surface area contributed by atoms with Crippen LogP contribution in [0.25, 0.3) is 0 Å². The van der Waals surface area contributed by atoms with E-state index in [4.69, 9.17) is 0 Å². The molecule has 0 bridgehead atoms. The molecule has 1 N–H and O–H groups in total. The highest BCUT2D eigenvalue weighted by Crippen LogP contribution is 2.23. The molecule has 1 aliphatic heterocycles. The molecular formula is C20H25N3O3S. The summed E-state index contributed by atoms with van der Waals surface area (Å²) in [6.45, 7) is 6.39. The van der Waals surface area contributed by atoms with Gasteiger partial charge in [0.1, 0.15) is 5.69 Å². The normalized spacial score (nSPS) is 18.3. The molecule has 1 amide bonds. The van der Waals surface area contributed by atoms with Crippen LogP contribution >= 0.6 is 0 Å². The topological polar surface area (TPSA) is 79.4 Å². The van der Waals surface area contributed by atoms with E-state index >= 15 is 0 Å². The van der Waals surface area contributed by atoms with Gasteiger partial charge in [0, 0.05) is 18.3 Å². The number of benzene rings is 1. The van der Waals surface area contributed by atoms with Gasteiger partial charge in [-0.2, -0.15) is 0 Å². The van der Waals surface area contributed by atoms with Crippen LogP contribution in [0.15, 0.2) is 36.5 Å². The highest BCUT2D eigenvalue weighted by Gasteiger charge is 2.34. The number of aryl methyl sites for hydroxylation is 2. The lowest BCUT2D eigenvalue weighted by Gasteiger charge is -2.26. The molecule has 7 heteroatoms. The predicted octanol–water partition coefficient (Wildman–Crippen LogP) is 3.09. The minimum absolute atomic E-state index is 0.0405. The van der Waals surface area contributed by atoms with Crippen LogP contribution < -0.4 is 5.32 Å². The van der Waals surface area contributed by atoms with Crippen LogP contribution in [-0.2, 0) is 9.84 Å². The minimum atomic E-state index is -3.04. The van der Waals surface area contributed by atoms with Gasteiger partial charge in [-0.15, -0.1) is 0 Å². The largest absolute Gasteiger partial charge is 0.354 e. The number of carbonyl (C=O) groups excluding carboxylic acids is 1. The summed E-state index contributed by atoms with van der Waals surface area (Å²) in [6, 6.07) is 9.42. The van der Waals surface area contributed by atoms with Crippen molar-refractivity contribution < 1.29 is 13.2 Å². The number of hydrogen-bond acceptors (Lipinski definition) is 5. The van der Waals surface area contributed by atoms with Gasteiger partial charge in [0.25, 0.3) is 5.91 Å². The first-order chi connectivity index (χ1) is 12.8. The average Bonchev–Trinajstić information content (AvgIpc) is 2.99. The molecule has 1 fully saturated rings. The molecule has 1 aliphatic rings. The Balaban J connectivity index is 1.74. The summed E-state index contributed by atoms with van der Waals surface area (Å²) in [7, 11) is -3.04. The molecule has 1 saturated heterocycles. The van der Waals surface area contributed by atoms with Crippen molar-refractivity contribution in [2.75, 3.05) is 23.4 Å². The second-order valence-electron chi connectivity index (χ2n) is 7.02. The number of nitrogens with zero attached hydrogens (tertiary/aromatic N) is 2. The summed E-state index contributed by atoms with van der Waals surface area (Å²) in [5.41, 5.74) is 4.41.